The summed E-state index contributed by atoms with van der Waals surface area (Å²) in [7, 11) is 0. The van der Waals surface area contributed by atoms with Gasteiger partial charge in [-0.05, 0) is 27.5 Å². The molecule has 0 radical (unpaired) electrons. The molecule has 0 amide bonds. The van der Waals surface area contributed by atoms with Crippen LogP contribution in [-0.4, -0.2) is 0 Å². The van der Waals surface area contributed by atoms with E-state index in [1.807, 2.05) is 15.9 Å². The average Bonchev–Trinajstić information content (AvgIpc) is 1.88. The van der Waals surface area contributed by atoms with Crippen molar-refractivity contribution in [3.05, 3.63) is 22.2 Å². The maximum absolute atomic E-state index is 10.9. The Kier molecular flexibility index (Phi) is 8.95. The van der Waals surface area contributed by atoms with Gasteiger partial charge in [0.25, 0.3) is 5.29 Å². The molecular weight excluding hydrogens is 277 g/mol. The van der Waals surface area contributed by atoms with Crippen molar-refractivity contribution in [3.63, 3.8) is 0 Å². The van der Waals surface area contributed by atoms with E-state index in [1.165, 1.54) is 0 Å². The second-order valence-electron chi connectivity index (χ2n) is 1.04. The first kappa shape index (κ1) is 14.4. The van der Waals surface area contributed by atoms with E-state index in [1.54, 1.807) is 0 Å². The highest BCUT2D eigenvalue weighted by Gasteiger charge is 1.95. The quantitative estimate of drug-likeness (QED) is 0.564. The maximum atomic E-state index is 10.9. The number of halogens is 8. The van der Waals surface area contributed by atoms with Crippen LogP contribution in [0.25, 0.3) is 0 Å². The first-order valence-corrected chi connectivity index (χ1v) is 3.18. The second kappa shape index (κ2) is 7.48. The van der Waals surface area contributed by atoms with E-state index in [-0.39, 0.29) is 0 Å². The van der Waals surface area contributed by atoms with Crippen molar-refractivity contribution in [2.75, 3.05) is 0 Å². The predicted molar refractivity (Wildman–Crippen MR) is 35.5 cm³/mol. The summed E-state index contributed by atoms with van der Waals surface area (Å²) in [6.45, 7) is 0. The zero-order valence-corrected chi connectivity index (χ0v) is 7.37. The molecule has 0 spiro atoms. The van der Waals surface area contributed by atoms with Crippen LogP contribution < -0.4 is 0 Å². The molecule has 12 heavy (non-hydrogen) atoms. The summed E-state index contributed by atoms with van der Waals surface area (Å²) in [6, 6.07) is 0. The lowest BCUT2D eigenvalue weighted by molar-refractivity contribution is 0.393. The number of rotatable bonds is 0. The van der Waals surface area contributed by atoms with Gasteiger partial charge in [0.1, 0.15) is 0 Å². The van der Waals surface area contributed by atoms with Crippen molar-refractivity contribution < 1.29 is 26.3 Å². The second-order valence-corrected chi connectivity index (χ2v) is 2.07. The van der Waals surface area contributed by atoms with Gasteiger partial charge in [-0.1, -0.05) is 0 Å². The summed E-state index contributed by atoms with van der Waals surface area (Å²) < 4.78 is 62.3. The van der Waals surface area contributed by atoms with Crippen LogP contribution in [0.5, 0.6) is 0 Å². The van der Waals surface area contributed by atoms with E-state index in [9.17, 15) is 26.3 Å². The fraction of sp³-hybridized carbons (Fsp3) is 0. The van der Waals surface area contributed by atoms with Crippen molar-refractivity contribution in [3.8, 4) is 0 Å². The minimum absolute atomic E-state index is 1.59. The standard InChI is InChI=1S/C2BrF3.C2ClF3/c2*3-1(4)2(5)6. The minimum atomic E-state index is -2.48. The molecule has 0 saturated carbocycles. The zero-order chi connectivity index (χ0) is 10.3. The van der Waals surface area contributed by atoms with Gasteiger partial charge in [0, 0.05) is 0 Å². The molecule has 0 aromatic carbocycles. The average molecular weight is 277 g/mol. The van der Waals surface area contributed by atoms with Gasteiger partial charge in [-0.25, -0.2) is 0 Å². The van der Waals surface area contributed by atoms with E-state index in [4.69, 9.17) is 0 Å². The molecule has 0 aliphatic rings. The maximum Gasteiger partial charge on any atom is 0.317 e. The van der Waals surface area contributed by atoms with Crippen LogP contribution in [-0.2, 0) is 0 Å². The Morgan fingerprint density at radius 1 is 0.833 bits per heavy atom. The van der Waals surface area contributed by atoms with Crippen LogP contribution in [0.4, 0.5) is 26.3 Å². The lowest BCUT2D eigenvalue weighted by Crippen LogP contribution is -1.54. The van der Waals surface area contributed by atoms with Crippen LogP contribution in [0.15, 0.2) is 22.2 Å². The summed E-state index contributed by atoms with van der Waals surface area (Å²) in [5.74, 6) is 0. The Balaban J connectivity index is 0. The van der Waals surface area contributed by atoms with Crippen LogP contribution >= 0.6 is 27.5 Å². The van der Waals surface area contributed by atoms with Gasteiger partial charge >= 0.3 is 12.2 Å². The molecule has 0 heterocycles. The molecule has 0 aromatic heterocycles. The molecule has 0 aromatic rings. The third-order valence-corrected chi connectivity index (χ3v) is 0.728. The molecule has 0 aliphatic heterocycles. The first-order chi connectivity index (χ1) is 5.29. The summed E-state index contributed by atoms with van der Waals surface area (Å²) in [6.07, 6.45) is -4.80. The molecule has 0 atom stereocenters. The minimum Gasteiger partial charge on any atom is -0.193 e. The van der Waals surface area contributed by atoms with Gasteiger partial charge < -0.3 is 0 Å². The van der Waals surface area contributed by atoms with Crippen LogP contribution in [0.1, 0.15) is 0 Å². The molecule has 72 valence electrons. The van der Waals surface area contributed by atoms with Crippen molar-refractivity contribution >= 4 is 27.5 Å². The molecule has 8 heteroatoms. The predicted octanol–water partition coefficient (Wildman–Crippen LogP) is 4.68. The van der Waals surface area contributed by atoms with E-state index in [0.717, 1.165) is 0 Å². The molecule has 0 rings (SSSR count). The molecule has 0 fully saturated rings. The molecule has 0 unspecified atom stereocenters. The molecule has 0 aliphatic carbocycles. The lowest BCUT2D eigenvalue weighted by Gasteiger charge is -1.71. The fourth-order valence-corrected chi connectivity index (χ4v) is 0. The monoisotopic (exact) mass is 276 g/mol. The highest BCUT2D eigenvalue weighted by atomic mass is 79.9. The van der Waals surface area contributed by atoms with Crippen LogP contribution in [0.3, 0.4) is 0 Å². The lowest BCUT2D eigenvalue weighted by atomic mass is 11.1. The van der Waals surface area contributed by atoms with Gasteiger partial charge in [-0.3, -0.25) is 0 Å². The van der Waals surface area contributed by atoms with Crippen molar-refractivity contribution in [2.45, 2.75) is 0 Å². The topological polar surface area (TPSA) is 0 Å². The Morgan fingerprint density at radius 3 is 1.00 bits per heavy atom. The number of hydrogen-bond acceptors (Lipinski definition) is 0. The third kappa shape index (κ3) is 12.5. The van der Waals surface area contributed by atoms with E-state index < -0.39 is 22.2 Å². The van der Waals surface area contributed by atoms with Gasteiger partial charge in [-0.15, -0.1) is 0 Å². The van der Waals surface area contributed by atoms with Gasteiger partial charge in [-0.2, -0.15) is 26.3 Å². The van der Waals surface area contributed by atoms with Crippen molar-refractivity contribution in [1.29, 1.82) is 0 Å². The van der Waals surface area contributed by atoms with E-state index >= 15 is 0 Å². The largest absolute Gasteiger partial charge is 0.317 e. The Morgan fingerprint density at radius 2 is 1.00 bits per heavy atom. The Labute approximate surface area is 76.6 Å². The van der Waals surface area contributed by atoms with E-state index in [2.05, 4.69) is 11.6 Å². The van der Waals surface area contributed by atoms with Crippen molar-refractivity contribution in [2.24, 2.45) is 0 Å². The van der Waals surface area contributed by atoms with Gasteiger partial charge in [0.15, 0.2) is 0 Å². The molecule has 0 N–H and O–H groups in total. The molecule has 0 nitrogen and oxygen atoms in total. The summed E-state index contributed by atoms with van der Waals surface area (Å²) in [5, 5.41) is -1.94. The third-order valence-electron chi connectivity index (χ3n) is 0.286. The fourth-order valence-electron chi connectivity index (χ4n) is 0. The van der Waals surface area contributed by atoms with Gasteiger partial charge in [0.2, 0.25) is 4.74 Å². The molecule has 0 saturated heterocycles. The van der Waals surface area contributed by atoms with Crippen LogP contribution in [0, 0.1) is 0 Å². The Hall–Kier alpha value is -0.170. The van der Waals surface area contributed by atoms with Crippen LogP contribution in [0.2, 0.25) is 0 Å². The number of hydrogen-bond donors (Lipinski definition) is 0. The van der Waals surface area contributed by atoms with Crippen molar-refractivity contribution in [1.82, 2.24) is 0 Å². The Bertz CT molecular complexity index is 142. The smallest absolute Gasteiger partial charge is 0.193 e. The summed E-state index contributed by atoms with van der Waals surface area (Å²) in [5.41, 5.74) is 0. The van der Waals surface area contributed by atoms with Gasteiger partial charge in [0.05, 0.1) is 0 Å². The SMILES string of the molecule is FC(F)=C(F)Br.FC(F)=C(F)Cl. The highest BCUT2D eigenvalue weighted by Crippen LogP contribution is 2.14. The summed E-state index contributed by atoms with van der Waals surface area (Å²) >= 11 is 5.98. The first-order valence-electron chi connectivity index (χ1n) is 2.01. The van der Waals surface area contributed by atoms with E-state index in [0.29, 0.717) is 0 Å². The highest BCUT2D eigenvalue weighted by molar-refractivity contribution is 9.11. The normalized spacial score (nSPS) is 8.00. The molecule has 0 bridgehead atoms. The molecular formula is C4BrClF6. The zero-order valence-electron chi connectivity index (χ0n) is 5.02. The summed E-state index contributed by atoms with van der Waals surface area (Å²) in [4.78, 5) is 0.